The first-order valence-electron chi connectivity index (χ1n) is 6.80. The normalized spacial score (nSPS) is 10.2. The molecule has 0 aliphatic rings. The molecule has 4 nitrogen and oxygen atoms in total. The smallest absolute Gasteiger partial charge is 0.257 e. The molecule has 0 saturated heterocycles. The molecule has 4 heteroatoms. The number of aryl methyl sites for hydroxylation is 1. The number of carbonyl (C=O) groups excluding carboxylic acids is 1. The Kier molecular flexibility index (Phi) is 6.05. The highest BCUT2D eigenvalue weighted by molar-refractivity contribution is 5.97. The quantitative estimate of drug-likeness (QED) is 0.801. The van der Waals surface area contributed by atoms with Gasteiger partial charge in [0.25, 0.3) is 5.91 Å². The van der Waals surface area contributed by atoms with E-state index >= 15 is 0 Å². The molecule has 1 aromatic rings. The molecule has 0 N–H and O–H groups in total. The van der Waals surface area contributed by atoms with Crippen LogP contribution in [0.3, 0.4) is 0 Å². The summed E-state index contributed by atoms with van der Waals surface area (Å²) in [6, 6.07) is 7.65. The molecule has 20 heavy (non-hydrogen) atoms. The Morgan fingerprint density at radius 1 is 1.45 bits per heavy atom. The number of hydrogen-bond donors (Lipinski definition) is 0. The van der Waals surface area contributed by atoms with Crippen molar-refractivity contribution < 1.29 is 9.53 Å². The van der Waals surface area contributed by atoms with E-state index in [1.807, 2.05) is 19.1 Å². The third-order valence-corrected chi connectivity index (χ3v) is 2.95. The Morgan fingerprint density at radius 2 is 2.15 bits per heavy atom. The molecule has 1 aromatic carbocycles. The first kappa shape index (κ1) is 16.0. The minimum Gasteiger partial charge on any atom is -0.496 e. The molecule has 0 radical (unpaired) electrons. The van der Waals surface area contributed by atoms with Crippen LogP contribution in [-0.2, 0) is 0 Å². The van der Waals surface area contributed by atoms with E-state index in [4.69, 9.17) is 10.00 Å². The van der Waals surface area contributed by atoms with Crippen LogP contribution in [0.15, 0.2) is 18.2 Å². The van der Waals surface area contributed by atoms with Gasteiger partial charge in [-0.15, -0.1) is 0 Å². The minimum absolute atomic E-state index is 0.0745. The number of nitrogens with zero attached hydrogens (tertiary/aromatic N) is 2. The van der Waals surface area contributed by atoms with Crippen LogP contribution in [0.25, 0.3) is 0 Å². The van der Waals surface area contributed by atoms with Gasteiger partial charge in [-0.1, -0.05) is 25.5 Å². The molecule has 0 aliphatic carbocycles. The summed E-state index contributed by atoms with van der Waals surface area (Å²) in [4.78, 5) is 14.4. The minimum atomic E-state index is -0.0745. The average molecular weight is 274 g/mol. The lowest BCUT2D eigenvalue weighted by molar-refractivity contribution is 0.0736. The summed E-state index contributed by atoms with van der Waals surface area (Å²) in [5.41, 5.74) is 1.57. The summed E-state index contributed by atoms with van der Waals surface area (Å²) in [5.74, 6) is 0.856. The summed E-state index contributed by atoms with van der Waals surface area (Å²) >= 11 is 0. The second-order valence-electron chi connectivity index (χ2n) is 5.26. The molecule has 0 aliphatic heterocycles. The zero-order chi connectivity index (χ0) is 15.1. The lowest BCUT2D eigenvalue weighted by atomic mass is 10.1. The van der Waals surface area contributed by atoms with Crippen LogP contribution in [0, 0.1) is 24.2 Å². The summed E-state index contributed by atoms with van der Waals surface area (Å²) in [5, 5.41) is 8.73. The van der Waals surface area contributed by atoms with E-state index in [0.29, 0.717) is 36.7 Å². The highest BCUT2D eigenvalue weighted by atomic mass is 16.5. The molecule has 0 fully saturated rings. The first-order chi connectivity index (χ1) is 9.49. The topological polar surface area (TPSA) is 53.3 Å². The molecular weight excluding hydrogens is 252 g/mol. The van der Waals surface area contributed by atoms with Crippen molar-refractivity contribution in [3.05, 3.63) is 29.3 Å². The second kappa shape index (κ2) is 7.54. The molecule has 1 rings (SSSR count). The first-order valence-corrected chi connectivity index (χ1v) is 6.80. The second-order valence-corrected chi connectivity index (χ2v) is 5.26. The van der Waals surface area contributed by atoms with Crippen LogP contribution in [0.4, 0.5) is 0 Å². The average Bonchev–Trinajstić information content (AvgIpc) is 2.42. The summed E-state index contributed by atoms with van der Waals surface area (Å²) in [6.07, 6.45) is 0.340. The maximum atomic E-state index is 12.7. The van der Waals surface area contributed by atoms with Crippen LogP contribution in [0.1, 0.15) is 36.2 Å². The Balaban J connectivity index is 3.04. The maximum absolute atomic E-state index is 12.7. The van der Waals surface area contributed by atoms with Gasteiger partial charge in [0.1, 0.15) is 5.75 Å². The van der Waals surface area contributed by atoms with Gasteiger partial charge in [0.2, 0.25) is 0 Å². The van der Waals surface area contributed by atoms with Gasteiger partial charge in [-0.05, 0) is 25.0 Å². The Hall–Kier alpha value is -2.02. The van der Waals surface area contributed by atoms with Crippen LogP contribution >= 0.6 is 0 Å². The highest BCUT2D eigenvalue weighted by Gasteiger charge is 2.20. The fraction of sp³-hybridized carbons (Fsp3) is 0.500. The number of carbonyl (C=O) groups is 1. The predicted octanol–water partition coefficient (Wildman–Crippen LogP) is 3.02. The van der Waals surface area contributed by atoms with Crippen molar-refractivity contribution in [2.45, 2.75) is 27.2 Å². The Labute approximate surface area is 121 Å². The number of ether oxygens (including phenoxy) is 1. The van der Waals surface area contributed by atoms with Crippen LogP contribution in [0.2, 0.25) is 0 Å². The lowest BCUT2D eigenvalue weighted by Gasteiger charge is -2.24. The summed E-state index contributed by atoms with van der Waals surface area (Å²) in [6.45, 7) is 7.14. The number of hydrogen-bond acceptors (Lipinski definition) is 3. The van der Waals surface area contributed by atoms with Crippen molar-refractivity contribution in [2.24, 2.45) is 5.92 Å². The zero-order valence-corrected chi connectivity index (χ0v) is 12.6. The van der Waals surface area contributed by atoms with Gasteiger partial charge in [0.15, 0.2) is 0 Å². The van der Waals surface area contributed by atoms with Gasteiger partial charge in [-0.2, -0.15) is 5.26 Å². The van der Waals surface area contributed by atoms with E-state index in [2.05, 4.69) is 19.9 Å². The van der Waals surface area contributed by atoms with E-state index in [-0.39, 0.29) is 5.91 Å². The standard InChI is InChI=1S/C16H22N2O2/c1-12(2)11-18(9-5-8-17)16(19)14-10-13(3)6-7-15(14)20-4/h6-7,10,12H,5,9,11H2,1-4H3. The molecule has 0 atom stereocenters. The van der Waals surface area contributed by atoms with Gasteiger partial charge in [-0.3, -0.25) is 4.79 Å². The number of rotatable bonds is 6. The number of nitriles is 1. The van der Waals surface area contributed by atoms with Crippen molar-refractivity contribution in [3.63, 3.8) is 0 Å². The van der Waals surface area contributed by atoms with Gasteiger partial charge in [0, 0.05) is 13.1 Å². The SMILES string of the molecule is COc1ccc(C)cc1C(=O)N(CCC#N)CC(C)C. The Morgan fingerprint density at radius 3 is 2.70 bits per heavy atom. The van der Waals surface area contributed by atoms with E-state index in [1.54, 1.807) is 18.1 Å². The van der Waals surface area contributed by atoms with Crippen LogP contribution in [-0.4, -0.2) is 31.0 Å². The molecular formula is C16H22N2O2. The van der Waals surface area contributed by atoms with E-state index < -0.39 is 0 Å². The van der Waals surface area contributed by atoms with Gasteiger partial charge in [0.05, 0.1) is 25.2 Å². The summed E-state index contributed by atoms with van der Waals surface area (Å²) in [7, 11) is 1.56. The molecule has 0 saturated carbocycles. The van der Waals surface area contributed by atoms with Crippen LogP contribution < -0.4 is 4.74 Å². The Bertz CT molecular complexity index is 504. The third kappa shape index (κ3) is 4.27. The fourth-order valence-electron chi connectivity index (χ4n) is 2.06. The van der Waals surface area contributed by atoms with Gasteiger partial charge >= 0.3 is 0 Å². The molecule has 0 spiro atoms. The predicted molar refractivity (Wildman–Crippen MR) is 78.7 cm³/mol. The molecule has 0 heterocycles. The van der Waals surface area contributed by atoms with Crippen molar-refractivity contribution in [1.82, 2.24) is 4.90 Å². The van der Waals surface area contributed by atoms with Crippen molar-refractivity contribution in [1.29, 1.82) is 5.26 Å². The zero-order valence-electron chi connectivity index (χ0n) is 12.6. The molecule has 0 aromatic heterocycles. The van der Waals surface area contributed by atoms with Crippen molar-refractivity contribution in [3.8, 4) is 11.8 Å². The largest absolute Gasteiger partial charge is 0.496 e. The molecule has 0 bridgehead atoms. The number of amides is 1. The summed E-state index contributed by atoms with van der Waals surface area (Å²) < 4.78 is 5.27. The van der Waals surface area contributed by atoms with Crippen LogP contribution in [0.5, 0.6) is 5.75 Å². The molecule has 108 valence electrons. The van der Waals surface area contributed by atoms with E-state index in [1.165, 1.54) is 0 Å². The van der Waals surface area contributed by atoms with Crippen molar-refractivity contribution >= 4 is 5.91 Å². The fourth-order valence-corrected chi connectivity index (χ4v) is 2.06. The van der Waals surface area contributed by atoms with Gasteiger partial charge in [-0.25, -0.2) is 0 Å². The highest BCUT2D eigenvalue weighted by Crippen LogP contribution is 2.22. The van der Waals surface area contributed by atoms with Gasteiger partial charge < -0.3 is 9.64 Å². The number of methoxy groups -OCH3 is 1. The third-order valence-electron chi connectivity index (χ3n) is 2.95. The monoisotopic (exact) mass is 274 g/mol. The number of benzene rings is 1. The molecule has 1 amide bonds. The van der Waals surface area contributed by atoms with E-state index in [9.17, 15) is 4.79 Å². The van der Waals surface area contributed by atoms with Crippen molar-refractivity contribution in [2.75, 3.05) is 20.2 Å². The van der Waals surface area contributed by atoms with E-state index in [0.717, 1.165) is 5.56 Å². The lowest BCUT2D eigenvalue weighted by Crippen LogP contribution is -2.35. The molecule has 0 unspecified atom stereocenters. The maximum Gasteiger partial charge on any atom is 0.257 e.